The minimum Gasteiger partial charge on any atom is -0.479 e. The molecule has 29 heavy (non-hydrogen) atoms. The van der Waals surface area contributed by atoms with E-state index in [0.29, 0.717) is 11.3 Å². The van der Waals surface area contributed by atoms with Gasteiger partial charge in [0.1, 0.15) is 11.3 Å². The molecule has 0 aliphatic carbocycles. The summed E-state index contributed by atoms with van der Waals surface area (Å²) in [6.07, 6.45) is 0.144. The zero-order chi connectivity index (χ0) is 21.1. The normalized spacial score (nSPS) is 16.6. The van der Waals surface area contributed by atoms with E-state index in [1.165, 1.54) is 19.1 Å². The number of carbonyl (C=O) groups is 4. The van der Waals surface area contributed by atoms with Crippen LogP contribution in [0.4, 0.5) is 10.5 Å². The molecule has 0 aromatic heterocycles. The van der Waals surface area contributed by atoms with E-state index in [9.17, 15) is 19.2 Å². The third-order valence-corrected chi connectivity index (χ3v) is 4.26. The number of imide groups is 2. The number of hydrogen-bond acceptors (Lipinski definition) is 5. The zero-order valence-electron chi connectivity index (χ0n) is 15.7. The summed E-state index contributed by atoms with van der Waals surface area (Å²) >= 11 is 0. The van der Waals surface area contributed by atoms with Crippen LogP contribution in [0.5, 0.6) is 5.75 Å². The average Bonchev–Trinajstić information content (AvgIpc) is 2.67. The Morgan fingerprint density at radius 3 is 2.41 bits per heavy atom. The van der Waals surface area contributed by atoms with Crippen molar-refractivity contribution < 1.29 is 29.0 Å². The molecule has 2 N–H and O–H groups in total. The van der Waals surface area contributed by atoms with Gasteiger partial charge in [0.2, 0.25) is 0 Å². The first kappa shape index (κ1) is 19.8. The van der Waals surface area contributed by atoms with Crippen LogP contribution >= 0.6 is 0 Å². The Hall–Kier alpha value is -3.94. The highest BCUT2D eigenvalue weighted by molar-refractivity contribution is 6.39. The lowest BCUT2D eigenvalue weighted by molar-refractivity contribution is -0.144. The third-order valence-electron chi connectivity index (χ3n) is 4.26. The van der Waals surface area contributed by atoms with Crippen LogP contribution in [0, 0.1) is 6.92 Å². The number of hydrogen-bond donors (Lipinski definition) is 2. The van der Waals surface area contributed by atoms with Gasteiger partial charge in [-0.15, -0.1) is 0 Å². The van der Waals surface area contributed by atoms with E-state index in [-0.39, 0.29) is 11.3 Å². The van der Waals surface area contributed by atoms with E-state index in [2.05, 4.69) is 5.32 Å². The number of nitrogens with zero attached hydrogens (tertiary/aromatic N) is 1. The minimum atomic E-state index is -1.16. The maximum atomic E-state index is 12.9. The predicted octanol–water partition coefficient (Wildman–Crippen LogP) is 2.51. The molecular weight excluding hydrogens is 376 g/mol. The fraction of sp³-hybridized carbons (Fsp3) is 0.143. The average molecular weight is 394 g/mol. The second-order valence-corrected chi connectivity index (χ2v) is 6.43. The molecule has 0 spiro atoms. The number of carboxylic acids is 1. The number of nitrogens with one attached hydrogen (secondary N) is 1. The Morgan fingerprint density at radius 1 is 1.10 bits per heavy atom. The highest BCUT2D eigenvalue weighted by atomic mass is 16.5. The summed E-state index contributed by atoms with van der Waals surface area (Å²) in [6.45, 7) is 3.23. The van der Waals surface area contributed by atoms with Crippen molar-refractivity contribution in [3.8, 4) is 5.75 Å². The molecule has 1 heterocycles. The molecule has 0 unspecified atom stereocenters. The van der Waals surface area contributed by atoms with Crippen LogP contribution in [0.1, 0.15) is 18.1 Å². The number of barbiturate groups is 1. The van der Waals surface area contributed by atoms with Crippen molar-refractivity contribution >= 4 is 35.6 Å². The van der Waals surface area contributed by atoms with Crippen molar-refractivity contribution in [2.45, 2.75) is 20.0 Å². The summed E-state index contributed by atoms with van der Waals surface area (Å²) in [5.74, 6) is -2.60. The number of carboxylic acid groups (broad SMARTS) is 1. The molecule has 1 atom stereocenters. The second-order valence-electron chi connectivity index (χ2n) is 6.43. The smallest absolute Gasteiger partial charge is 0.344 e. The predicted molar refractivity (Wildman–Crippen MR) is 104 cm³/mol. The SMILES string of the molecule is Cc1ccc(N2C(=O)NC(=O)/C(=C\c3ccccc3O[C@@H](C)C(=O)O)C2=O)cc1. The van der Waals surface area contributed by atoms with Crippen LogP contribution in [-0.2, 0) is 14.4 Å². The molecule has 148 valence electrons. The molecule has 2 aromatic rings. The van der Waals surface area contributed by atoms with Gasteiger partial charge in [-0.3, -0.25) is 14.9 Å². The lowest BCUT2D eigenvalue weighted by atomic mass is 10.1. The van der Waals surface area contributed by atoms with Gasteiger partial charge >= 0.3 is 12.0 Å². The van der Waals surface area contributed by atoms with Crippen molar-refractivity contribution in [1.29, 1.82) is 0 Å². The van der Waals surface area contributed by atoms with Gasteiger partial charge in [-0.05, 0) is 38.1 Å². The van der Waals surface area contributed by atoms with Crippen LogP contribution in [0.2, 0.25) is 0 Å². The lowest BCUT2D eigenvalue weighted by Gasteiger charge is -2.26. The van der Waals surface area contributed by atoms with E-state index in [0.717, 1.165) is 10.5 Å². The molecular formula is C21H18N2O6. The van der Waals surface area contributed by atoms with E-state index in [4.69, 9.17) is 9.84 Å². The Kier molecular flexibility index (Phi) is 5.45. The van der Waals surface area contributed by atoms with Gasteiger partial charge in [0, 0.05) is 5.56 Å². The summed E-state index contributed by atoms with van der Waals surface area (Å²) in [4.78, 5) is 49.4. The Balaban J connectivity index is 1.99. The lowest BCUT2D eigenvalue weighted by Crippen LogP contribution is -2.54. The number of amides is 4. The quantitative estimate of drug-likeness (QED) is 0.595. The monoisotopic (exact) mass is 394 g/mol. The summed E-state index contributed by atoms with van der Waals surface area (Å²) in [7, 11) is 0. The Morgan fingerprint density at radius 2 is 1.76 bits per heavy atom. The first-order valence-corrected chi connectivity index (χ1v) is 8.74. The number of ether oxygens (including phenoxy) is 1. The fourth-order valence-corrected chi connectivity index (χ4v) is 2.69. The van der Waals surface area contributed by atoms with E-state index < -0.39 is 29.9 Å². The highest BCUT2D eigenvalue weighted by Gasteiger charge is 2.37. The maximum absolute atomic E-state index is 12.9. The molecule has 0 bridgehead atoms. The van der Waals surface area contributed by atoms with E-state index in [1.807, 2.05) is 6.92 Å². The number of benzene rings is 2. The van der Waals surface area contributed by atoms with Crippen molar-refractivity contribution in [2.24, 2.45) is 0 Å². The number of urea groups is 1. The molecule has 8 heteroatoms. The number of para-hydroxylation sites is 1. The third kappa shape index (κ3) is 4.16. The van der Waals surface area contributed by atoms with Gasteiger partial charge in [0.25, 0.3) is 11.8 Å². The minimum absolute atomic E-state index is 0.189. The summed E-state index contributed by atoms with van der Waals surface area (Å²) < 4.78 is 5.40. The molecule has 1 saturated heterocycles. The summed E-state index contributed by atoms with van der Waals surface area (Å²) in [6, 6.07) is 12.2. The van der Waals surface area contributed by atoms with E-state index in [1.54, 1.807) is 42.5 Å². The standard InChI is InChI=1S/C21H18N2O6/c1-12-7-9-15(10-8-12)23-19(25)16(18(24)22-21(23)28)11-14-5-3-4-6-17(14)29-13(2)20(26)27/h3-11,13H,1-2H3,(H,26,27)(H,22,24,28)/b16-11+/t13-/m0/s1. The number of aliphatic carboxylic acids is 1. The molecule has 3 rings (SSSR count). The first-order chi connectivity index (χ1) is 13.8. The summed E-state index contributed by atoms with van der Waals surface area (Å²) in [5.41, 5.74) is 1.33. The van der Waals surface area contributed by atoms with Crippen molar-refractivity contribution in [2.75, 3.05) is 4.90 Å². The largest absolute Gasteiger partial charge is 0.479 e. The number of rotatable bonds is 5. The molecule has 0 saturated carbocycles. The molecule has 2 aromatic carbocycles. The second kappa shape index (κ2) is 7.97. The van der Waals surface area contributed by atoms with Gasteiger partial charge in [0.15, 0.2) is 6.10 Å². The first-order valence-electron chi connectivity index (χ1n) is 8.74. The summed E-state index contributed by atoms with van der Waals surface area (Å²) in [5, 5.41) is 11.2. The van der Waals surface area contributed by atoms with E-state index >= 15 is 0 Å². The molecule has 8 nitrogen and oxygen atoms in total. The van der Waals surface area contributed by atoms with Gasteiger partial charge < -0.3 is 9.84 Å². The van der Waals surface area contributed by atoms with Crippen LogP contribution < -0.4 is 15.0 Å². The fourth-order valence-electron chi connectivity index (χ4n) is 2.69. The molecule has 1 aliphatic rings. The maximum Gasteiger partial charge on any atom is 0.344 e. The van der Waals surface area contributed by atoms with Gasteiger partial charge in [-0.2, -0.15) is 0 Å². The molecule has 1 aliphatic heterocycles. The van der Waals surface area contributed by atoms with Gasteiger partial charge in [-0.1, -0.05) is 35.9 Å². The van der Waals surface area contributed by atoms with Crippen LogP contribution in [0.3, 0.4) is 0 Å². The molecule has 0 radical (unpaired) electrons. The number of anilines is 1. The van der Waals surface area contributed by atoms with Crippen molar-refractivity contribution in [3.05, 3.63) is 65.2 Å². The topological polar surface area (TPSA) is 113 Å². The molecule has 1 fully saturated rings. The van der Waals surface area contributed by atoms with Crippen molar-refractivity contribution in [3.63, 3.8) is 0 Å². The Bertz CT molecular complexity index is 1030. The molecule has 4 amide bonds. The van der Waals surface area contributed by atoms with Crippen molar-refractivity contribution in [1.82, 2.24) is 5.32 Å². The van der Waals surface area contributed by atoms with Gasteiger partial charge in [0.05, 0.1) is 5.69 Å². The number of aryl methyl sites for hydroxylation is 1. The van der Waals surface area contributed by atoms with Crippen LogP contribution in [0.15, 0.2) is 54.1 Å². The Labute approximate surface area is 166 Å². The number of carbonyl (C=O) groups excluding carboxylic acids is 3. The van der Waals surface area contributed by atoms with Gasteiger partial charge in [-0.25, -0.2) is 14.5 Å². The van der Waals surface area contributed by atoms with Crippen LogP contribution in [-0.4, -0.2) is 35.0 Å². The highest BCUT2D eigenvalue weighted by Crippen LogP contribution is 2.26. The zero-order valence-corrected chi connectivity index (χ0v) is 15.7. The van der Waals surface area contributed by atoms with Crippen LogP contribution in [0.25, 0.3) is 6.08 Å².